The lowest BCUT2D eigenvalue weighted by Gasteiger charge is -2.16. The lowest BCUT2D eigenvalue weighted by molar-refractivity contribution is -0.136. The first-order valence-corrected chi connectivity index (χ1v) is 5.61. The van der Waals surface area contributed by atoms with Crippen molar-refractivity contribution < 1.29 is 14.7 Å². The number of carboxylic acid groups (broad SMARTS) is 1. The monoisotopic (exact) mass is 243 g/mol. The summed E-state index contributed by atoms with van der Waals surface area (Å²) in [5, 5.41) is 12.8. The fourth-order valence-electron chi connectivity index (χ4n) is 1.04. The van der Waals surface area contributed by atoms with Crippen LogP contribution in [0.4, 0.5) is 4.79 Å². The molecule has 7 heteroatoms. The summed E-state index contributed by atoms with van der Waals surface area (Å²) in [4.78, 5) is 27.2. The van der Waals surface area contributed by atoms with Crippen molar-refractivity contribution in [3.8, 4) is 0 Å². The Hall–Kier alpha value is -1.63. The van der Waals surface area contributed by atoms with E-state index >= 15 is 0 Å². The minimum absolute atomic E-state index is 0.0731. The predicted molar refractivity (Wildman–Crippen MR) is 59.2 cm³/mol. The zero-order valence-corrected chi connectivity index (χ0v) is 9.66. The predicted octanol–water partition coefficient (Wildman–Crippen LogP) is 0.759. The van der Waals surface area contributed by atoms with Crippen LogP contribution < -0.4 is 5.32 Å². The largest absolute Gasteiger partial charge is 0.481 e. The van der Waals surface area contributed by atoms with E-state index in [0.717, 1.165) is 5.69 Å². The van der Waals surface area contributed by atoms with E-state index in [0.29, 0.717) is 6.54 Å². The van der Waals surface area contributed by atoms with E-state index in [1.165, 1.54) is 16.2 Å². The molecule has 0 aliphatic rings. The summed E-state index contributed by atoms with van der Waals surface area (Å²) < 4.78 is 0. The Kier molecular flexibility index (Phi) is 4.71. The van der Waals surface area contributed by atoms with E-state index in [4.69, 9.17) is 5.11 Å². The summed E-state index contributed by atoms with van der Waals surface area (Å²) in [5.41, 5.74) is 2.52. The molecule has 0 saturated heterocycles. The van der Waals surface area contributed by atoms with E-state index < -0.39 is 5.97 Å². The summed E-state index contributed by atoms with van der Waals surface area (Å²) >= 11 is 1.47. The molecule has 0 fully saturated rings. The van der Waals surface area contributed by atoms with Gasteiger partial charge in [-0.3, -0.25) is 4.79 Å². The van der Waals surface area contributed by atoms with E-state index in [-0.39, 0.29) is 19.0 Å². The number of carbonyl (C=O) groups is 2. The number of nitrogens with zero attached hydrogens (tertiary/aromatic N) is 2. The fraction of sp³-hybridized carbons (Fsp3) is 0.444. The quantitative estimate of drug-likeness (QED) is 0.799. The number of amides is 2. The van der Waals surface area contributed by atoms with Crippen LogP contribution in [0, 0.1) is 0 Å². The fourth-order valence-corrected chi connectivity index (χ4v) is 1.59. The molecule has 0 unspecified atom stereocenters. The highest BCUT2D eigenvalue weighted by Gasteiger charge is 2.09. The molecule has 88 valence electrons. The number of hydrogen-bond donors (Lipinski definition) is 2. The summed E-state index contributed by atoms with van der Waals surface area (Å²) in [6.07, 6.45) is -0.0731. The lowest BCUT2D eigenvalue weighted by Crippen LogP contribution is -2.37. The van der Waals surface area contributed by atoms with Crippen molar-refractivity contribution in [2.75, 3.05) is 13.6 Å². The Morgan fingerprint density at radius 3 is 2.94 bits per heavy atom. The van der Waals surface area contributed by atoms with Gasteiger partial charge in [0, 0.05) is 19.0 Å². The van der Waals surface area contributed by atoms with Crippen molar-refractivity contribution in [3.63, 3.8) is 0 Å². The molecule has 1 rings (SSSR count). The lowest BCUT2D eigenvalue weighted by atomic mass is 10.4. The minimum atomic E-state index is -0.928. The number of aliphatic carboxylic acids is 1. The van der Waals surface area contributed by atoms with E-state index in [9.17, 15) is 9.59 Å². The van der Waals surface area contributed by atoms with Gasteiger partial charge in [0.25, 0.3) is 0 Å². The second-order valence-corrected chi connectivity index (χ2v) is 3.93. The molecule has 2 N–H and O–H groups in total. The van der Waals surface area contributed by atoms with Gasteiger partial charge in [-0.1, -0.05) is 0 Å². The van der Waals surface area contributed by atoms with Gasteiger partial charge < -0.3 is 15.3 Å². The van der Waals surface area contributed by atoms with Crippen LogP contribution in [0.3, 0.4) is 0 Å². The highest BCUT2D eigenvalue weighted by Crippen LogP contribution is 2.03. The smallest absolute Gasteiger partial charge is 0.317 e. The van der Waals surface area contributed by atoms with E-state index in [1.807, 2.05) is 5.38 Å². The topological polar surface area (TPSA) is 82.5 Å². The number of thiazole rings is 1. The van der Waals surface area contributed by atoms with Crippen LogP contribution in [0.25, 0.3) is 0 Å². The summed E-state index contributed by atoms with van der Waals surface area (Å²) in [6.45, 7) is 0.554. The molecule has 1 heterocycles. The van der Waals surface area contributed by atoms with Gasteiger partial charge >= 0.3 is 12.0 Å². The number of rotatable bonds is 5. The summed E-state index contributed by atoms with van der Waals surface area (Å²) in [5.74, 6) is -0.928. The minimum Gasteiger partial charge on any atom is -0.481 e. The molecule has 1 aromatic rings. The number of carbonyl (C=O) groups excluding carboxylic acids is 1. The van der Waals surface area contributed by atoms with Crippen LogP contribution in [-0.2, 0) is 11.3 Å². The number of urea groups is 1. The maximum Gasteiger partial charge on any atom is 0.317 e. The van der Waals surface area contributed by atoms with Crippen LogP contribution in [0.5, 0.6) is 0 Å². The Labute approximate surface area is 96.9 Å². The van der Waals surface area contributed by atoms with Gasteiger partial charge in [0.15, 0.2) is 0 Å². The highest BCUT2D eigenvalue weighted by molar-refractivity contribution is 7.07. The van der Waals surface area contributed by atoms with Gasteiger partial charge in [-0.2, -0.15) is 0 Å². The number of carboxylic acids is 1. The Morgan fingerprint density at radius 1 is 1.62 bits per heavy atom. The molecule has 0 saturated carbocycles. The molecule has 0 spiro atoms. The van der Waals surface area contributed by atoms with Gasteiger partial charge in [-0.25, -0.2) is 9.78 Å². The maximum absolute atomic E-state index is 11.4. The molecule has 0 aromatic carbocycles. The first kappa shape index (κ1) is 12.4. The number of nitrogens with one attached hydrogen (secondary N) is 1. The van der Waals surface area contributed by atoms with Crippen molar-refractivity contribution in [3.05, 3.63) is 16.6 Å². The Bertz CT molecular complexity index is 353. The molecule has 1 aromatic heterocycles. The van der Waals surface area contributed by atoms with Gasteiger partial charge in [0.05, 0.1) is 24.2 Å². The van der Waals surface area contributed by atoms with Crippen molar-refractivity contribution in [1.82, 2.24) is 15.2 Å². The van der Waals surface area contributed by atoms with E-state index in [1.54, 1.807) is 12.6 Å². The average Bonchev–Trinajstić information content (AvgIpc) is 2.69. The first-order valence-electron chi connectivity index (χ1n) is 4.67. The van der Waals surface area contributed by atoms with Crippen molar-refractivity contribution >= 4 is 23.3 Å². The zero-order valence-electron chi connectivity index (χ0n) is 8.84. The Morgan fingerprint density at radius 2 is 2.38 bits per heavy atom. The van der Waals surface area contributed by atoms with Crippen molar-refractivity contribution in [2.24, 2.45) is 0 Å². The zero-order chi connectivity index (χ0) is 12.0. The third-order valence-corrected chi connectivity index (χ3v) is 2.48. The molecule has 0 aliphatic heterocycles. The number of hydrogen-bond acceptors (Lipinski definition) is 4. The van der Waals surface area contributed by atoms with Crippen LogP contribution in [0.1, 0.15) is 12.1 Å². The molecule has 6 nitrogen and oxygen atoms in total. The van der Waals surface area contributed by atoms with Crippen molar-refractivity contribution in [1.29, 1.82) is 0 Å². The normalized spacial score (nSPS) is 9.81. The molecule has 0 atom stereocenters. The van der Waals surface area contributed by atoms with Gasteiger partial charge in [-0.05, 0) is 0 Å². The molecule has 0 aliphatic carbocycles. The third-order valence-electron chi connectivity index (χ3n) is 1.84. The van der Waals surface area contributed by atoms with Gasteiger partial charge in [0.1, 0.15) is 0 Å². The summed E-state index contributed by atoms with van der Waals surface area (Å²) in [7, 11) is 1.63. The van der Waals surface area contributed by atoms with Crippen LogP contribution >= 0.6 is 11.3 Å². The van der Waals surface area contributed by atoms with Crippen LogP contribution in [0.2, 0.25) is 0 Å². The SMILES string of the molecule is CN(Cc1cscn1)C(=O)NCCC(=O)O. The average molecular weight is 243 g/mol. The van der Waals surface area contributed by atoms with Gasteiger partial charge in [-0.15, -0.1) is 11.3 Å². The second-order valence-electron chi connectivity index (χ2n) is 3.21. The van der Waals surface area contributed by atoms with E-state index in [2.05, 4.69) is 10.3 Å². The standard InChI is InChI=1S/C9H13N3O3S/c1-12(4-7-5-16-6-11-7)9(15)10-3-2-8(13)14/h5-6H,2-4H2,1H3,(H,10,15)(H,13,14). The van der Waals surface area contributed by atoms with Crippen molar-refractivity contribution in [2.45, 2.75) is 13.0 Å². The molecular formula is C9H13N3O3S. The van der Waals surface area contributed by atoms with Gasteiger partial charge in [0.2, 0.25) is 0 Å². The summed E-state index contributed by atoms with van der Waals surface area (Å²) in [6, 6.07) is -0.297. The molecule has 2 amide bonds. The molecular weight excluding hydrogens is 230 g/mol. The molecule has 0 radical (unpaired) electrons. The van der Waals surface area contributed by atoms with Crippen LogP contribution in [0.15, 0.2) is 10.9 Å². The molecule has 16 heavy (non-hydrogen) atoms. The number of aromatic nitrogens is 1. The Balaban J connectivity index is 2.28. The highest BCUT2D eigenvalue weighted by atomic mass is 32.1. The second kappa shape index (κ2) is 6.06. The molecule has 0 bridgehead atoms. The first-order chi connectivity index (χ1) is 7.59. The third kappa shape index (κ3) is 4.26. The van der Waals surface area contributed by atoms with Crippen LogP contribution in [-0.4, -0.2) is 40.6 Å². The maximum atomic E-state index is 11.4.